The lowest BCUT2D eigenvalue weighted by Crippen LogP contribution is -2.59. The van der Waals surface area contributed by atoms with Gasteiger partial charge in [-0.05, 0) is 64.3 Å². The Labute approximate surface area is 247 Å². The van der Waals surface area contributed by atoms with Crippen molar-refractivity contribution in [2.75, 3.05) is 13.1 Å². The third-order valence-corrected chi connectivity index (χ3v) is 6.22. The Morgan fingerprint density at radius 2 is 1.33 bits per heavy atom. The Morgan fingerprint density at radius 1 is 0.786 bits per heavy atom. The summed E-state index contributed by atoms with van der Waals surface area (Å²) >= 11 is 0. The summed E-state index contributed by atoms with van der Waals surface area (Å²) in [5, 5.41) is 30.7. The van der Waals surface area contributed by atoms with Crippen molar-refractivity contribution in [1.29, 1.82) is 0 Å². The maximum atomic E-state index is 13.4. The van der Waals surface area contributed by atoms with Crippen LogP contribution in [0.1, 0.15) is 79.1 Å². The SMILES string of the molecule is CC(=O)N[C@@H](CCCCN)C(=O)N[C@@H](CCC(N)=O)C(=O)N[C@@H](CC(C)C)C(=O)N[C@@H](CCCN=C(N)N)C(C)(O)O. The van der Waals surface area contributed by atoms with Gasteiger partial charge in [0.25, 0.3) is 0 Å². The number of primary amides is 1. The lowest BCUT2D eigenvalue weighted by molar-refractivity contribution is -0.173. The predicted octanol–water partition coefficient (Wildman–Crippen LogP) is -2.86. The van der Waals surface area contributed by atoms with E-state index in [2.05, 4.69) is 26.3 Å². The first-order chi connectivity index (χ1) is 19.5. The van der Waals surface area contributed by atoms with E-state index in [9.17, 15) is 34.2 Å². The maximum absolute atomic E-state index is 13.4. The molecule has 0 saturated heterocycles. The van der Waals surface area contributed by atoms with Crippen molar-refractivity contribution < 1.29 is 34.2 Å². The Hall–Kier alpha value is -3.50. The van der Waals surface area contributed by atoms with Crippen molar-refractivity contribution in [3.05, 3.63) is 0 Å². The molecule has 0 aliphatic carbocycles. The molecule has 0 spiro atoms. The molecule has 14 N–H and O–H groups in total. The standard InChI is InChI=1S/C26H51N9O7/c1-15(2)14-19(24(40)35-20(26(4,41)42)9-7-13-31-25(29)30)34-23(39)18(10-11-21(28)37)33-22(38)17(32-16(3)36)8-5-6-12-27/h15,17-20,41-42H,5-14,27H2,1-4H3,(H2,28,37)(H,32,36)(H,33,38)(H,34,39)(H,35,40)(H4,29,30,31)/t17-,18-,19-,20-/m0/s1. The number of nitrogens with two attached hydrogens (primary N) is 4. The molecule has 0 aromatic heterocycles. The molecule has 0 aromatic rings. The van der Waals surface area contributed by atoms with Crippen molar-refractivity contribution in [2.24, 2.45) is 33.8 Å². The first kappa shape index (κ1) is 38.5. The van der Waals surface area contributed by atoms with Gasteiger partial charge in [-0.2, -0.15) is 0 Å². The van der Waals surface area contributed by atoms with Gasteiger partial charge in [0.05, 0.1) is 6.04 Å². The van der Waals surface area contributed by atoms with Crippen molar-refractivity contribution in [1.82, 2.24) is 21.3 Å². The average Bonchev–Trinajstić information content (AvgIpc) is 2.85. The van der Waals surface area contributed by atoms with Gasteiger partial charge in [0.2, 0.25) is 29.5 Å². The molecule has 0 aliphatic heterocycles. The summed E-state index contributed by atoms with van der Waals surface area (Å²) in [4.78, 5) is 66.6. The largest absolute Gasteiger partial charge is 0.370 e. The molecule has 0 bridgehead atoms. The van der Waals surface area contributed by atoms with Crippen LogP contribution in [0.4, 0.5) is 0 Å². The van der Waals surface area contributed by atoms with Gasteiger partial charge in [0, 0.05) is 19.9 Å². The van der Waals surface area contributed by atoms with Crippen molar-refractivity contribution in [3.8, 4) is 0 Å². The van der Waals surface area contributed by atoms with Crippen molar-refractivity contribution in [3.63, 3.8) is 0 Å². The van der Waals surface area contributed by atoms with E-state index in [0.717, 1.165) is 6.92 Å². The second-order valence-corrected chi connectivity index (χ2v) is 10.9. The summed E-state index contributed by atoms with van der Waals surface area (Å²) in [6, 6.07) is -4.44. The third kappa shape index (κ3) is 17.3. The summed E-state index contributed by atoms with van der Waals surface area (Å²) in [7, 11) is 0. The predicted molar refractivity (Wildman–Crippen MR) is 157 cm³/mol. The number of amides is 5. The number of rotatable bonds is 21. The van der Waals surface area contributed by atoms with Crippen LogP contribution in [0.2, 0.25) is 0 Å². The Bertz CT molecular complexity index is 918. The van der Waals surface area contributed by atoms with Crippen LogP contribution in [0.5, 0.6) is 0 Å². The van der Waals surface area contributed by atoms with Crippen molar-refractivity contribution >= 4 is 35.5 Å². The Kier molecular flexibility index (Phi) is 18.0. The normalized spacial score (nSPS) is 14.2. The van der Waals surface area contributed by atoms with Crippen LogP contribution in [0.3, 0.4) is 0 Å². The number of hydrogen-bond acceptors (Lipinski definition) is 9. The highest BCUT2D eigenvalue weighted by Crippen LogP contribution is 2.14. The molecule has 0 aliphatic rings. The quantitative estimate of drug-likeness (QED) is 0.0278. The fourth-order valence-electron chi connectivity index (χ4n) is 4.07. The van der Waals surface area contributed by atoms with Crippen LogP contribution in [0, 0.1) is 5.92 Å². The van der Waals surface area contributed by atoms with Gasteiger partial charge in [0.1, 0.15) is 18.1 Å². The fraction of sp³-hybridized carbons (Fsp3) is 0.769. The molecule has 0 aromatic carbocycles. The number of nitrogens with zero attached hydrogens (tertiary/aromatic N) is 1. The molecule has 5 amide bonds. The number of carbonyl (C=O) groups is 5. The fourth-order valence-corrected chi connectivity index (χ4v) is 4.07. The van der Waals surface area contributed by atoms with Gasteiger partial charge in [-0.1, -0.05) is 13.8 Å². The molecule has 242 valence electrons. The van der Waals surface area contributed by atoms with Crippen LogP contribution in [0.25, 0.3) is 0 Å². The number of carbonyl (C=O) groups excluding carboxylic acids is 5. The minimum absolute atomic E-state index is 0.0682. The number of aliphatic imine (C=N–C) groups is 1. The smallest absolute Gasteiger partial charge is 0.243 e. The third-order valence-electron chi connectivity index (χ3n) is 6.22. The lowest BCUT2D eigenvalue weighted by Gasteiger charge is -2.31. The first-order valence-corrected chi connectivity index (χ1v) is 14.1. The molecular weight excluding hydrogens is 550 g/mol. The van der Waals surface area contributed by atoms with E-state index in [-0.39, 0.29) is 50.5 Å². The topological polar surface area (TPSA) is 290 Å². The van der Waals surface area contributed by atoms with Gasteiger partial charge in [-0.15, -0.1) is 0 Å². The molecule has 0 rings (SSSR count). The Morgan fingerprint density at radius 3 is 1.81 bits per heavy atom. The summed E-state index contributed by atoms with van der Waals surface area (Å²) in [5.41, 5.74) is 21.4. The summed E-state index contributed by atoms with van der Waals surface area (Å²) in [5.74, 6) is -5.71. The van der Waals surface area contributed by atoms with Crippen LogP contribution < -0.4 is 44.2 Å². The van der Waals surface area contributed by atoms with E-state index in [4.69, 9.17) is 22.9 Å². The molecule has 16 nitrogen and oxygen atoms in total. The molecule has 0 fully saturated rings. The number of nitrogens with one attached hydrogen (secondary N) is 4. The van der Waals surface area contributed by atoms with Gasteiger partial charge >= 0.3 is 0 Å². The lowest BCUT2D eigenvalue weighted by atomic mass is 9.99. The number of hydrogen-bond donors (Lipinski definition) is 10. The second kappa shape index (κ2) is 19.6. The second-order valence-electron chi connectivity index (χ2n) is 10.9. The number of guanidine groups is 1. The molecule has 16 heteroatoms. The first-order valence-electron chi connectivity index (χ1n) is 14.1. The van der Waals surface area contributed by atoms with E-state index in [1.165, 1.54) is 6.92 Å². The zero-order chi connectivity index (χ0) is 32.5. The van der Waals surface area contributed by atoms with E-state index in [1.807, 2.05) is 13.8 Å². The van der Waals surface area contributed by atoms with Gasteiger partial charge in [-0.3, -0.25) is 29.0 Å². The molecule has 0 unspecified atom stereocenters. The van der Waals surface area contributed by atoms with Gasteiger partial charge < -0.3 is 54.4 Å². The minimum Gasteiger partial charge on any atom is -0.370 e. The van der Waals surface area contributed by atoms with Gasteiger partial charge in [-0.25, -0.2) is 0 Å². The van der Waals surface area contributed by atoms with Crippen LogP contribution in [-0.2, 0) is 24.0 Å². The van der Waals surface area contributed by atoms with E-state index in [0.29, 0.717) is 25.8 Å². The summed E-state index contributed by atoms with van der Waals surface area (Å²) < 4.78 is 0. The highest BCUT2D eigenvalue weighted by molar-refractivity contribution is 5.94. The maximum Gasteiger partial charge on any atom is 0.243 e. The summed E-state index contributed by atoms with van der Waals surface area (Å²) in [6.07, 6.45) is 1.66. The van der Waals surface area contributed by atoms with E-state index < -0.39 is 59.5 Å². The highest BCUT2D eigenvalue weighted by atomic mass is 16.5. The molecular formula is C26H51N9O7. The summed E-state index contributed by atoms with van der Waals surface area (Å²) in [6.45, 7) is 6.63. The van der Waals surface area contributed by atoms with Crippen molar-refractivity contribution in [2.45, 2.75) is 109 Å². The highest BCUT2D eigenvalue weighted by Gasteiger charge is 2.34. The van der Waals surface area contributed by atoms with Crippen LogP contribution in [0.15, 0.2) is 4.99 Å². The van der Waals surface area contributed by atoms with Crippen LogP contribution >= 0.6 is 0 Å². The zero-order valence-corrected chi connectivity index (χ0v) is 25.2. The monoisotopic (exact) mass is 601 g/mol. The van der Waals surface area contributed by atoms with Gasteiger partial charge in [0.15, 0.2) is 11.7 Å². The molecule has 0 heterocycles. The molecule has 0 radical (unpaired) electrons. The Balaban J connectivity index is 5.83. The number of unbranched alkanes of at least 4 members (excludes halogenated alkanes) is 1. The molecule has 42 heavy (non-hydrogen) atoms. The molecule has 4 atom stereocenters. The average molecular weight is 602 g/mol. The van der Waals surface area contributed by atoms with E-state index >= 15 is 0 Å². The van der Waals surface area contributed by atoms with E-state index in [1.54, 1.807) is 0 Å². The number of aliphatic hydroxyl groups is 2. The van der Waals surface area contributed by atoms with Crippen LogP contribution in [-0.4, -0.2) is 88.8 Å². The zero-order valence-electron chi connectivity index (χ0n) is 25.2. The molecule has 0 saturated carbocycles. The minimum atomic E-state index is -2.29.